The summed E-state index contributed by atoms with van der Waals surface area (Å²) in [4.78, 5) is 0. The lowest BCUT2D eigenvalue weighted by molar-refractivity contribution is 0.173. The standard InChI is InChI=1S/C16H16BrFO2/c1-2-16(19)11-4-7-14(8-5-11)20-10-12-3-6-13(18)9-15(12)17/h3-9,16,19H,2,10H2,1H3/t16-/m0/s1. The lowest BCUT2D eigenvalue weighted by Gasteiger charge is -2.11. The van der Waals surface area contributed by atoms with Crippen molar-refractivity contribution in [3.63, 3.8) is 0 Å². The molecule has 0 heterocycles. The van der Waals surface area contributed by atoms with E-state index in [9.17, 15) is 9.50 Å². The molecule has 0 unspecified atom stereocenters. The Morgan fingerprint density at radius 3 is 2.50 bits per heavy atom. The number of halogens is 2. The molecule has 2 nitrogen and oxygen atoms in total. The van der Waals surface area contributed by atoms with E-state index < -0.39 is 6.10 Å². The highest BCUT2D eigenvalue weighted by Crippen LogP contribution is 2.22. The summed E-state index contributed by atoms with van der Waals surface area (Å²) in [6, 6.07) is 11.9. The Morgan fingerprint density at radius 2 is 1.90 bits per heavy atom. The summed E-state index contributed by atoms with van der Waals surface area (Å²) in [6.45, 7) is 2.29. The Morgan fingerprint density at radius 1 is 1.20 bits per heavy atom. The first-order valence-corrected chi connectivity index (χ1v) is 7.24. The minimum atomic E-state index is -0.435. The minimum Gasteiger partial charge on any atom is -0.489 e. The summed E-state index contributed by atoms with van der Waals surface area (Å²) in [5.41, 5.74) is 1.76. The third kappa shape index (κ3) is 3.81. The van der Waals surface area contributed by atoms with E-state index in [-0.39, 0.29) is 5.82 Å². The molecule has 2 rings (SSSR count). The number of hydrogen-bond acceptors (Lipinski definition) is 2. The van der Waals surface area contributed by atoms with Gasteiger partial charge < -0.3 is 9.84 Å². The van der Waals surface area contributed by atoms with Crippen molar-refractivity contribution in [1.82, 2.24) is 0 Å². The van der Waals surface area contributed by atoms with Crippen molar-refractivity contribution < 1.29 is 14.2 Å². The zero-order valence-electron chi connectivity index (χ0n) is 11.1. The van der Waals surface area contributed by atoms with Crippen molar-refractivity contribution >= 4 is 15.9 Å². The Bertz CT molecular complexity index is 569. The van der Waals surface area contributed by atoms with Gasteiger partial charge >= 0.3 is 0 Å². The van der Waals surface area contributed by atoms with Gasteiger partial charge in [0, 0.05) is 10.0 Å². The number of aliphatic hydroxyl groups is 1. The van der Waals surface area contributed by atoms with Gasteiger partial charge in [-0.3, -0.25) is 0 Å². The smallest absolute Gasteiger partial charge is 0.124 e. The molecule has 4 heteroatoms. The molecule has 20 heavy (non-hydrogen) atoms. The predicted molar refractivity (Wildman–Crippen MR) is 80.1 cm³/mol. The fourth-order valence-corrected chi connectivity index (χ4v) is 2.29. The quantitative estimate of drug-likeness (QED) is 0.862. The van der Waals surface area contributed by atoms with Crippen LogP contribution >= 0.6 is 15.9 Å². The van der Waals surface area contributed by atoms with Crippen LogP contribution in [0.3, 0.4) is 0 Å². The predicted octanol–water partition coefficient (Wildman–Crippen LogP) is 4.61. The topological polar surface area (TPSA) is 29.5 Å². The van der Waals surface area contributed by atoms with Crippen LogP contribution in [-0.2, 0) is 6.61 Å². The largest absolute Gasteiger partial charge is 0.489 e. The van der Waals surface area contributed by atoms with Gasteiger partial charge in [-0.25, -0.2) is 4.39 Å². The molecule has 0 saturated heterocycles. The normalized spacial score (nSPS) is 12.2. The molecule has 0 bridgehead atoms. The van der Waals surface area contributed by atoms with Gasteiger partial charge in [0.1, 0.15) is 18.2 Å². The van der Waals surface area contributed by atoms with Crippen molar-refractivity contribution in [3.8, 4) is 5.75 Å². The van der Waals surface area contributed by atoms with Crippen LogP contribution in [0.1, 0.15) is 30.6 Å². The first kappa shape index (κ1) is 15.0. The first-order chi connectivity index (χ1) is 9.60. The maximum Gasteiger partial charge on any atom is 0.124 e. The molecule has 0 fully saturated rings. The van der Waals surface area contributed by atoms with Gasteiger partial charge in [-0.2, -0.15) is 0 Å². The van der Waals surface area contributed by atoms with Crippen molar-refractivity contribution in [2.24, 2.45) is 0 Å². The van der Waals surface area contributed by atoms with Crippen LogP contribution in [0.2, 0.25) is 0 Å². The molecule has 2 aromatic rings. The number of hydrogen-bond donors (Lipinski definition) is 1. The molecule has 106 valence electrons. The molecule has 1 N–H and O–H groups in total. The molecule has 2 aromatic carbocycles. The summed E-state index contributed by atoms with van der Waals surface area (Å²) in [5.74, 6) is 0.437. The van der Waals surface area contributed by atoms with Gasteiger partial charge in [-0.15, -0.1) is 0 Å². The van der Waals surface area contributed by atoms with Crippen LogP contribution in [-0.4, -0.2) is 5.11 Å². The summed E-state index contributed by atoms with van der Waals surface area (Å²) in [5, 5.41) is 9.71. The van der Waals surface area contributed by atoms with Gasteiger partial charge in [-0.05, 0) is 36.2 Å². The summed E-state index contributed by atoms with van der Waals surface area (Å²) in [6.07, 6.45) is 0.248. The van der Waals surface area contributed by atoms with E-state index in [0.29, 0.717) is 23.2 Å². The molecule has 0 aliphatic carbocycles. The Kier molecular flexibility index (Phi) is 5.15. The average Bonchev–Trinajstić information content (AvgIpc) is 2.46. The molecule has 0 aliphatic rings. The maximum atomic E-state index is 13.0. The second kappa shape index (κ2) is 6.86. The van der Waals surface area contributed by atoms with Crippen LogP contribution in [0, 0.1) is 5.82 Å². The van der Waals surface area contributed by atoms with Crippen LogP contribution in [0.4, 0.5) is 4.39 Å². The van der Waals surface area contributed by atoms with E-state index in [1.165, 1.54) is 12.1 Å². The highest BCUT2D eigenvalue weighted by molar-refractivity contribution is 9.10. The summed E-state index contributed by atoms with van der Waals surface area (Å²) in [7, 11) is 0. The van der Waals surface area contributed by atoms with Crippen molar-refractivity contribution in [2.75, 3.05) is 0 Å². The highest BCUT2D eigenvalue weighted by Gasteiger charge is 2.06. The fourth-order valence-electron chi connectivity index (χ4n) is 1.82. The SMILES string of the molecule is CC[C@H](O)c1ccc(OCc2ccc(F)cc2Br)cc1. The lowest BCUT2D eigenvalue weighted by atomic mass is 10.1. The molecular formula is C16H16BrFO2. The summed E-state index contributed by atoms with van der Waals surface area (Å²) >= 11 is 3.31. The molecule has 0 aliphatic heterocycles. The zero-order valence-corrected chi connectivity index (χ0v) is 12.7. The second-order valence-corrected chi connectivity index (χ2v) is 5.37. The van der Waals surface area contributed by atoms with Crippen LogP contribution in [0.25, 0.3) is 0 Å². The third-order valence-corrected chi connectivity index (χ3v) is 3.80. The van der Waals surface area contributed by atoms with Crippen LogP contribution in [0.5, 0.6) is 5.75 Å². The van der Waals surface area contributed by atoms with Crippen molar-refractivity contribution in [3.05, 3.63) is 63.9 Å². The Hall–Kier alpha value is -1.39. The van der Waals surface area contributed by atoms with Gasteiger partial charge in [0.15, 0.2) is 0 Å². The van der Waals surface area contributed by atoms with E-state index in [1.807, 2.05) is 31.2 Å². The van der Waals surface area contributed by atoms with Gasteiger partial charge in [0.2, 0.25) is 0 Å². The van der Waals surface area contributed by atoms with Crippen molar-refractivity contribution in [2.45, 2.75) is 26.1 Å². The van der Waals surface area contributed by atoms with E-state index in [4.69, 9.17) is 4.74 Å². The van der Waals surface area contributed by atoms with Crippen LogP contribution < -0.4 is 4.74 Å². The summed E-state index contributed by atoms with van der Waals surface area (Å²) < 4.78 is 19.3. The van der Waals surface area contributed by atoms with E-state index >= 15 is 0 Å². The molecule has 0 radical (unpaired) electrons. The maximum absolute atomic E-state index is 13.0. The molecular weight excluding hydrogens is 323 g/mol. The first-order valence-electron chi connectivity index (χ1n) is 6.45. The zero-order chi connectivity index (χ0) is 14.5. The van der Waals surface area contributed by atoms with Crippen molar-refractivity contribution in [1.29, 1.82) is 0 Å². The fraction of sp³-hybridized carbons (Fsp3) is 0.250. The number of benzene rings is 2. The number of ether oxygens (including phenoxy) is 1. The Balaban J connectivity index is 2.00. The van der Waals surface area contributed by atoms with Gasteiger partial charge in [0.05, 0.1) is 6.10 Å². The lowest BCUT2D eigenvalue weighted by Crippen LogP contribution is -1.98. The third-order valence-electron chi connectivity index (χ3n) is 3.06. The van der Waals surface area contributed by atoms with Crippen LogP contribution in [0.15, 0.2) is 46.9 Å². The number of aliphatic hydroxyl groups excluding tert-OH is 1. The molecule has 0 saturated carbocycles. The molecule has 0 spiro atoms. The van der Waals surface area contributed by atoms with E-state index in [0.717, 1.165) is 11.1 Å². The minimum absolute atomic E-state index is 0.279. The monoisotopic (exact) mass is 338 g/mol. The van der Waals surface area contributed by atoms with E-state index in [1.54, 1.807) is 6.07 Å². The molecule has 0 amide bonds. The van der Waals surface area contributed by atoms with E-state index in [2.05, 4.69) is 15.9 Å². The average molecular weight is 339 g/mol. The number of rotatable bonds is 5. The Labute approximate surface area is 126 Å². The second-order valence-electron chi connectivity index (χ2n) is 4.52. The van der Waals surface area contributed by atoms with Gasteiger partial charge in [-0.1, -0.05) is 41.1 Å². The highest BCUT2D eigenvalue weighted by atomic mass is 79.9. The molecule has 1 atom stereocenters. The van der Waals surface area contributed by atoms with Gasteiger partial charge in [0.25, 0.3) is 0 Å². The molecule has 0 aromatic heterocycles.